The van der Waals surface area contributed by atoms with E-state index in [1.165, 1.54) is 17.9 Å². The number of aromatic nitrogens is 2. The highest BCUT2D eigenvalue weighted by Crippen LogP contribution is 2.35. The van der Waals surface area contributed by atoms with E-state index in [0.29, 0.717) is 6.42 Å². The SMILES string of the molecule is CCC1OC(c2cn(C(C)CC(C)(C)C)c(=O)[nH]c2=O)C(O)C1OC. The minimum atomic E-state index is -0.958. The number of ether oxygens (including phenoxy) is 2. The molecule has 2 heterocycles. The number of aromatic amines is 1. The van der Waals surface area contributed by atoms with E-state index in [1.807, 2.05) is 13.8 Å². The summed E-state index contributed by atoms with van der Waals surface area (Å²) < 4.78 is 12.7. The highest BCUT2D eigenvalue weighted by Gasteiger charge is 2.45. The highest BCUT2D eigenvalue weighted by atomic mass is 16.6. The molecule has 1 aliphatic heterocycles. The minimum Gasteiger partial charge on any atom is -0.387 e. The number of nitrogens with zero attached hydrogens (tertiary/aromatic N) is 1. The zero-order valence-electron chi connectivity index (χ0n) is 15.9. The van der Waals surface area contributed by atoms with E-state index in [0.717, 1.165) is 6.42 Å². The fourth-order valence-corrected chi connectivity index (χ4v) is 3.63. The Morgan fingerprint density at radius 3 is 2.52 bits per heavy atom. The van der Waals surface area contributed by atoms with Crippen LogP contribution in [-0.2, 0) is 9.47 Å². The summed E-state index contributed by atoms with van der Waals surface area (Å²) in [6.45, 7) is 10.2. The molecule has 0 spiro atoms. The number of aliphatic hydroxyl groups excluding tert-OH is 1. The predicted octanol–water partition coefficient (Wildman–Crippen LogP) is 1.76. The first-order valence-corrected chi connectivity index (χ1v) is 8.80. The van der Waals surface area contributed by atoms with Crippen LogP contribution in [0.15, 0.2) is 15.8 Å². The van der Waals surface area contributed by atoms with Crippen molar-refractivity contribution in [1.29, 1.82) is 0 Å². The summed E-state index contributed by atoms with van der Waals surface area (Å²) >= 11 is 0. The minimum absolute atomic E-state index is 0.0347. The van der Waals surface area contributed by atoms with Gasteiger partial charge in [-0.2, -0.15) is 0 Å². The quantitative estimate of drug-likeness (QED) is 0.840. The average molecular weight is 354 g/mol. The smallest absolute Gasteiger partial charge is 0.328 e. The van der Waals surface area contributed by atoms with Crippen molar-refractivity contribution in [2.45, 2.75) is 77.9 Å². The lowest BCUT2D eigenvalue weighted by atomic mass is 9.88. The largest absolute Gasteiger partial charge is 0.387 e. The second-order valence-electron chi connectivity index (χ2n) is 8.06. The number of hydrogen-bond donors (Lipinski definition) is 2. The lowest BCUT2D eigenvalue weighted by Gasteiger charge is -2.25. The van der Waals surface area contributed by atoms with E-state index < -0.39 is 29.6 Å². The Balaban J connectivity index is 2.41. The second kappa shape index (κ2) is 7.43. The summed E-state index contributed by atoms with van der Waals surface area (Å²) in [7, 11) is 1.51. The van der Waals surface area contributed by atoms with Gasteiger partial charge in [0.25, 0.3) is 5.56 Å². The summed E-state index contributed by atoms with van der Waals surface area (Å²) in [5.41, 5.74) is -0.688. The Hall–Kier alpha value is -1.44. The van der Waals surface area contributed by atoms with Crippen LogP contribution in [0.25, 0.3) is 0 Å². The van der Waals surface area contributed by atoms with Crippen LogP contribution >= 0.6 is 0 Å². The normalized spacial score (nSPS) is 28.3. The van der Waals surface area contributed by atoms with E-state index in [9.17, 15) is 14.7 Å². The van der Waals surface area contributed by atoms with Crippen LogP contribution in [-0.4, -0.2) is 40.1 Å². The summed E-state index contributed by atoms with van der Waals surface area (Å²) in [5, 5.41) is 10.5. The third-order valence-corrected chi connectivity index (χ3v) is 4.69. The molecule has 1 saturated heterocycles. The van der Waals surface area contributed by atoms with Crippen LogP contribution in [0.2, 0.25) is 0 Å². The Labute approximate surface area is 148 Å². The molecule has 1 fully saturated rings. The Morgan fingerprint density at radius 1 is 1.40 bits per heavy atom. The number of methoxy groups -OCH3 is 1. The van der Waals surface area contributed by atoms with E-state index >= 15 is 0 Å². The first kappa shape index (κ1) is 19.9. The molecule has 0 aromatic carbocycles. The number of aliphatic hydroxyl groups is 1. The van der Waals surface area contributed by atoms with Gasteiger partial charge in [0.1, 0.15) is 18.3 Å². The summed E-state index contributed by atoms with van der Waals surface area (Å²) in [6.07, 6.45) is 0.385. The molecule has 7 heteroatoms. The fourth-order valence-electron chi connectivity index (χ4n) is 3.63. The zero-order chi connectivity index (χ0) is 18.9. The lowest BCUT2D eigenvalue weighted by molar-refractivity contribution is -0.0121. The molecule has 2 N–H and O–H groups in total. The third kappa shape index (κ3) is 4.22. The van der Waals surface area contributed by atoms with Gasteiger partial charge in [-0.15, -0.1) is 0 Å². The molecule has 0 radical (unpaired) electrons. The van der Waals surface area contributed by atoms with Crippen LogP contribution in [0.4, 0.5) is 0 Å². The summed E-state index contributed by atoms with van der Waals surface area (Å²) in [6, 6.07) is -0.0955. The zero-order valence-corrected chi connectivity index (χ0v) is 15.9. The molecule has 1 aromatic heterocycles. The van der Waals surface area contributed by atoms with Gasteiger partial charge in [-0.05, 0) is 25.2 Å². The van der Waals surface area contributed by atoms with Gasteiger partial charge in [-0.3, -0.25) is 14.3 Å². The van der Waals surface area contributed by atoms with Crippen molar-refractivity contribution in [3.8, 4) is 0 Å². The van der Waals surface area contributed by atoms with Crippen molar-refractivity contribution in [3.63, 3.8) is 0 Å². The van der Waals surface area contributed by atoms with Crippen molar-refractivity contribution >= 4 is 0 Å². The number of H-pyrrole nitrogens is 1. The van der Waals surface area contributed by atoms with Crippen LogP contribution in [0.3, 0.4) is 0 Å². The average Bonchev–Trinajstić information content (AvgIpc) is 2.81. The van der Waals surface area contributed by atoms with E-state index in [2.05, 4.69) is 25.8 Å². The predicted molar refractivity (Wildman–Crippen MR) is 94.8 cm³/mol. The molecule has 0 aliphatic carbocycles. The van der Waals surface area contributed by atoms with Crippen LogP contribution in [0.5, 0.6) is 0 Å². The molecular formula is C18H30N2O5. The summed E-state index contributed by atoms with van der Waals surface area (Å²) in [4.78, 5) is 26.9. The first-order chi connectivity index (χ1) is 11.6. The first-order valence-electron chi connectivity index (χ1n) is 8.80. The topological polar surface area (TPSA) is 93.6 Å². The maximum absolute atomic E-state index is 12.3. The Morgan fingerprint density at radius 2 is 2.04 bits per heavy atom. The van der Waals surface area contributed by atoms with Gasteiger partial charge in [0.15, 0.2) is 0 Å². The molecule has 5 unspecified atom stereocenters. The fraction of sp³-hybridized carbons (Fsp3) is 0.778. The molecule has 0 bridgehead atoms. The molecule has 142 valence electrons. The van der Waals surface area contributed by atoms with E-state index in [4.69, 9.17) is 9.47 Å². The molecule has 25 heavy (non-hydrogen) atoms. The van der Waals surface area contributed by atoms with Gasteiger partial charge < -0.3 is 14.6 Å². The third-order valence-electron chi connectivity index (χ3n) is 4.69. The van der Waals surface area contributed by atoms with Gasteiger partial charge in [-0.1, -0.05) is 27.7 Å². The van der Waals surface area contributed by atoms with Gasteiger partial charge >= 0.3 is 5.69 Å². The highest BCUT2D eigenvalue weighted by molar-refractivity contribution is 5.15. The van der Waals surface area contributed by atoms with Gasteiger partial charge in [0.05, 0.1) is 11.7 Å². The molecule has 0 saturated carbocycles. The Bertz CT molecular complexity index is 703. The van der Waals surface area contributed by atoms with Crippen molar-refractivity contribution in [3.05, 3.63) is 32.6 Å². The number of rotatable bonds is 5. The van der Waals surface area contributed by atoms with Crippen LogP contribution < -0.4 is 11.2 Å². The molecule has 2 rings (SSSR count). The van der Waals surface area contributed by atoms with Crippen molar-refractivity contribution in [1.82, 2.24) is 9.55 Å². The molecule has 1 aliphatic rings. The second-order valence-corrected chi connectivity index (χ2v) is 8.06. The molecular weight excluding hydrogens is 324 g/mol. The van der Waals surface area contributed by atoms with Gasteiger partial charge in [0.2, 0.25) is 0 Å². The van der Waals surface area contributed by atoms with Gasteiger partial charge in [0, 0.05) is 19.3 Å². The molecule has 0 amide bonds. The van der Waals surface area contributed by atoms with Crippen molar-refractivity contribution in [2.24, 2.45) is 5.41 Å². The molecule has 1 aromatic rings. The number of nitrogens with one attached hydrogen (secondary N) is 1. The maximum Gasteiger partial charge on any atom is 0.328 e. The molecule has 7 nitrogen and oxygen atoms in total. The molecule has 5 atom stereocenters. The standard InChI is InChI=1S/C18H30N2O5/c1-7-12-15(24-6)13(21)14(25-12)11-9-20(17(23)19-16(11)22)10(2)8-18(3,4)5/h9-10,12-15,21H,7-8H2,1-6H3,(H,19,22,23). The van der Waals surface area contributed by atoms with E-state index in [1.54, 1.807) is 0 Å². The van der Waals surface area contributed by atoms with E-state index in [-0.39, 0.29) is 23.1 Å². The van der Waals surface area contributed by atoms with Crippen molar-refractivity contribution < 1.29 is 14.6 Å². The lowest BCUT2D eigenvalue weighted by Crippen LogP contribution is -2.37. The summed E-state index contributed by atoms with van der Waals surface area (Å²) in [5.74, 6) is 0. The monoisotopic (exact) mass is 354 g/mol. The van der Waals surface area contributed by atoms with Crippen LogP contribution in [0, 0.1) is 5.41 Å². The van der Waals surface area contributed by atoms with Gasteiger partial charge in [-0.25, -0.2) is 4.79 Å². The maximum atomic E-state index is 12.3. The van der Waals surface area contributed by atoms with Crippen LogP contribution in [0.1, 0.15) is 65.2 Å². The van der Waals surface area contributed by atoms with Crippen molar-refractivity contribution in [2.75, 3.05) is 7.11 Å². The Kier molecular flexibility index (Phi) is 5.91. The number of hydrogen-bond acceptors (Lipinski definition) is 5.